The highest BCUT2D eigenvalue weighted by Gasteiger charge is 2.49. The molecule has 96 valence electrons. The van der Waals surface area contributed by atoms with Crippen LogP contribution >= 0.6 is 11.6 Å². The lowest BCUT2D eigenvalue weighted by Gasteiger charge is -2.51. The van der Waals surface area contributed by atoms with Crippen LogP contribution in [0.1, 0.15) is 25.8 Å². The van der Waals surface area contributed by atoms with Crippen LogP contribution in [0.3, 0.4) is 0 Å². The smallest absolute Gasteiger partial charge is 0.121 e. The van der Waals surface area contributed by atoms with E-state index in [1.54, 1.807) is 18.2 Å². The summed E-state index contributed by atoms with van der Waals surface area (Å²) >= 11 is 5.99. The van der Waals surface area contributed by atoms with Crippen molar-refractivity contribution in [2.24, 2.45) is 5.41 Å². The zero-order valence-corrected chi connectivity index (χ0v) is 11.6. The van der Waals surface area contributed by atoms with Gasteiger partial charge in [0.2, 0.25) is 0 Å². The van der Waals surface area contributed by atoms with Crippen molar-refractivity contribution >= 4 is 11.6 Å². The van der Waals surface area contributed by atoms with Crippen LogP contribution in [-0.4, -0.2) is 19.2 Å². The minimum absolute atomic E-state index is 0.106. The lowest BCUT2D eigenvalue weighted by Crippen LogP contribution is -2.61. The third-order valence-corrected chi connectivity index (χ3v) is 4.18. The van der Waals surface area contributed by atoms with Gasteiger partial charge < -0.3 is 10.1 Å². The summed E-state index contributed by atoms with van der Waals surface area (Å²) in [5, 5.41) is 12.5. The van der Waals surface area contributed by atoms with Gasteiger partial charge in [-0.1, -0.05) is 25.4 Å². The molecule has 0 spiro atoms. The van der Waals surface area contributed by atoms with Crippen molar-refractivity contribution in [2.45, 2.75) is 32.4 Å². The van der Waals surface area contributed by atoms with Crippen LogP contribution in [0.5, 0.6) is 5.75 Å². The average Bonchev–Trinajstić information content (AvgIpc) is 2.34. The number of halogens is 1. The summed E-state index contributed by atoms with van der Waals surface area (Å²) in [4.78, 5) is 0. The Balaban J connectivity index is 2.08. The average molecular weight is 265 g/mol. The van der Waals surface area contributed by atoms with Gasteiger partial charge in [-0.3, -0.25) is 0 Å². The molecule has 0 bridgehead atoms. The number of ether oxygens (including phenoxy) is 1. The number of rotatable bonds is 3. The van der Waals surface area contributed by atoms with Crippen LogP contribution in [0.25, 0.3) is 0 Å². The van der Waals surface area contributed by atoms with Gasteiger partial charge in [-0.2, -0.15) is 5.26 Å². The van der Waals surface area contributed by atoms with E-state index in [1.165, 1.54) is 0 Å². The second-order valence-electron chi connectivity index (χ2n) is 5.26. The highest BCUT2D eigenvalue weighted by atomic mass is 35.5. The second kappa shape index (κ2) is 4.79. The maximum absolute atomic E-state index is 8.81. The Morgan fingerprint density at radius 2 is 2.22 bits per heavy atom. The van der Waals surface area contributed by atoms with Crippen LogP contribution in [0.2, 0.25) is 5.02 Å². The van der Waals surface area contributed by atoms with Gasteiger partial charge in [0.25, 0.3) is 0 Å². The maximum Gasteiger partial charge on any atom is 0.121 e. The van der Waals surface area contributed by atoms with Gasteiger partial charge in [-0.05, 0) is 19.2 Å². The van der Waals surface area contributed by atoms with Gasteiger partial charge >= 0.3 is 0 Å². The van der Waals surface area contributed by atoms with E-state index < -0.39 is 0 Å². The first-order valence-electron chi connectivity index (χ1n) is 6.02. The van der Waals surface area contributed by atoms with Gasteiger partial charge in [0.1, 0.15) is 17.9 Å². The molecule has 1 N–H and O–H groups in total. The first kappa shape index (κ1) is 13.2. The van der Waals surface area contributed by atoms with E-state index in [0.29, 0.717) is 16.6 Å². The zero-order chi connectivity index (χ0) is 13.3. The summed E-state index contributed by atoms with van der Waals surface area (Å²) < 4.78 is 5.94. The highest BCUT2D eigenvalue weighted by molar-refractivity contribution is 6.31. The Hall–Kier alpha value is -1.24. The number of benzene rings is 1. The third-order valence-electron chi connectivity index (χ3n) is 3.87. The van der Waals surface area contributed by atoms with Gasteiger partial charge in [0, 0.05) is 23.9 Å². The molecule has 2 rings (SSSR count). The van der Waals surface area contributed by atoms with Crippen molar-refractivity contribution in [1.82, 2.24) is 5.32 Å². The Morgan fingerprint density at radius 1 is 1.50 bits per heavy atom. The van der Waals surface area contributed by atoms with E-state index >= 15 is 0 Å². The van der Waals surface area contributed by atoms with Crippen LogP contribution in [-0.2, 0) is 0 Å². The molecule has 3 nitrogen and oxygen atoms in total. The number of nitrogens with zero attached hydrogens (tertiary/aromatic N) is 1. The second-order valence-corrected chi connectivity index (χ2v) is 5.67. The monoisotopic (exact) mass is 264 g/mol. The van der Waals surface area contributed by atoms with Crippen LogP contribution in [0, 0.1) is 16.7 Å². The van der Waals surface area contributed by atoms with E-state index in [4.69, 9.17) is 21.6 Å². The number of hydrogen-bond acceptors (Lipinski definition) is 3. The van der Waals surface area contributed by atoms with E-state index in [2.05, 4.69) is 19.2 Å². The molecule has 0 radical (unpaired) electrons. The molecule has 0 aromatic heterocycles. The summed E-state index contributed by atoms with van der Waals surface area (Å²) in [6, 6.07) is 7.72. The predicted octanol–water partition coefficient (Wildman–Crippen LogP) is 2.98. The van der Waals surface area contributed by atoms with Gasteiger partial charge in [-0.15, -0.1) is 0 Å². The van der Waals surface area contributed by atoms with E-state index in [9.17, 15) is 0 Å². The Morgan fingerprint density at radius 3 is 2.72 bits per heavy atom. The first-order valence-corrected chi connectivity index (χ1v) is 6.40. The Kier molecular flexibility index (Phi) is 3.52. The zero-order valence-electron chi connectivity index (χ0n) is 10.8. The summed E-state index contributed by atoms with van der Waals surface area (Å²) in [5.41, 5.74) is 0.583. The number of nitrogens with one attached hydrogen (secondary N) is 1. The first-order chi connectivity index (χ1) is 8.48. The van der Waals surface area contributed by atoms with Gasteiger partial charge in [-0.25, -0.2) is 0 Å². The molecule has 1 saturated carbocycles. The van der Waals surface area contributed by atoms with Crippen LogP contribution < -0.4 is 10.1 Å². The third kappa shape index (κ3) is 2.19. The molecule has 18 heavy (non-hydrogen) atoms. The minimum atomic E-state index is 0.106. The fraction of sp³-hybridized carbons (Fsp3) is 0.500. The van der Waals surface area contributed by atoms with E-state index in [0.717, 1.165) is 12.2 Å². The summed E-state index contributed by atoms with van der Waals surface area (Å²) in [6.45, 7) is 4.38. The largest absolute Gasteiger partial charge is 0.490 e. The molecule has 0 aliphatic heterocycles. The minimum Gasteiger partial charge on any atom is -0.490 e. The Bertz CT molecular complexity index is 493. The maximum atomic E-state index is 8.81. The molecule has 1 aromatic carbocycles. The molecule has 2 atom stereocenters. The molecule has 0 unspecified atom stereocenters. The fourth-order valence-corrected chi connectivity index (χ4v) is 2.61. The van der Waals surface area contributed by atoms with Crippen LogP contribution in [0.15, 0.2) is 18.2 Å². The molecule has 1 fully saturated rings. The highest BCUT2D eigenvalue weighted by Crippen LogP contribution is 2.43. The quantitative estimate of drug-likeness (QED) is 0.913. The van der Waals surface area contributed by atoms with E-state index in [-0.39, 0.29) is 11.5 Å². The molecule has 0 heterocycles. The van der Waals surface area contributed by atoms with Crippen molar-refractivity contribution in [3.63, 3.8) is 0 Å². The summed E-state index contributed by atoms with van der Waals surface area (Å²) in [7, 11) is 1.97. The number of hydrogen-bond donors (Lipinski definition) is 1. The molecule has 0 amide bonds. The van der Waals surface area contributed by atoms with Crippen LogP contribution in [0.4, 0.5) is 0 Å². The molecule has 1 aromatic rings. The predicted molar refractivity (Wildman–Crippen MR) is 71.8 cm³/mol. The van der Waals surface area contributed by atoms with Crippen molar-refractivity contribution in [2.75, 3.05) is 7.05 Å². The lowest BCUT2D eigenvalue weighted by molar-refractivity contribution is -0.0520. The molecular formula is C14H17ClN2O. The van der Waals surface area contributed by atoms with Gasteiger partial charge in [0.05, 0.1) is 10.6 Å². The summed E-state index contributed by atoms with van der Waals surface area (Å²) in [5.74, 6) is 0.728. The van der Waals surface area contributed by atoms with Crippen molar-refractivity contribution in [1.29, 1.82) is 5.26 Å². The molecule has 1 aliphatic carbocycles. The number of nitriles is 1. The molecule has 1 aliphatic rings. The Labute approximate surface area is 113 Å². The lowest BCUT2D eigenvalue weighted by atomic mass is 9.64. The standard InChI is InChI=1S/C14H17ClN2O/c1-14(2)12(17-3)7-13(14)18-10-5-4-9(8-16)11(15)6-10/h4-6,12-13,17H,7H2,1-3H3/t12-,13+/m1/s1. The van der Waals surface area contributed by atoms with Crippen molar-refractivity contribution < 1.29 is 4.74 Å². The summed E-state index contributed by atoms with van der Waals surface area (Å²) in [6.07, 6.45) is 1.17. The molecule has 0 saturated heterocycles. The fourth-order valence-electron chi connectivity index (χ4n) is 2.40. The van der Waals surface area contributed by atoms with Crippen molar-refractivity contribution in [3.8, 4) is 11.8 Å². The molecule has 4 heteroatoms. The molecular weight excluding hydrogens is 248 g/mol. The van der Waals surface area contributed by atoms with Crippen molar-refractivity contribution in [3.05, 3.63) is 28.8 Å². The van der Waals surface area contributed by atoms with E-state index in [1.807, 2.05) is 13.1 Å². The van der Waals surface area contributed by atoms with Gasteiger partial charge in [0.15, 0.2) is 0 Å². The normalized spacial score (nSPS) is 25.1. The topological polar surface area (TPSA) is 45.0 Å². The SMILES string of the molecule is CN[C@@H]1C[C@H](Oc2ccc(C#N)c(Cl)c2)C1(C)C.